The van der Waals surface area contributed by atoms with Gasteiger partial charge in [0.25, 0.3) is 0 Å². The van der Waals surface area contributed by atoms with Crippen molar-refractivity contribution in [2.75, 3.05) is 13.2 Å². The molecule has 0 saturated heterocycles. The Kier molecular flexibility index (Phi) is 64.3. The van der Waals surface area contributed by atoms with Gasteiger partial charge in [-0.3, -0.25) is 0 Å². The molecule has 0 aliphatic rings. The van der Waals surface area contributed by atoms with E-state index in [0.29, 0.717) is 0 Å². The number of rotatable bonds is 2. The Hall–Kier alpha value is 1.31. The summed E-state index contributed by atoms with van der Waals surface area (Å²) in [6, 6.07) is 0. The number of ether oxygens (including phenoxy) is 1. The second kappa shape index (κ2) is 34.6. The molecule has 0 atom stereocenters. The number of halogens is 1. The first-order valence-electron chi connectivity index (χ1n) is 2.97. The molecule has 0 saturated carbocycles. The van der Waals surface area contributed by atoms with Crippen LogP contribution in [0, 0.1) is 6.92 Å². The fourth-order valence-electron chi connectivity index (χ4n) is 0.204. The van der Waals surface area contributed by atoms with E-state index in [2.05, 4.69) is 26.7 Å². The summed E-state index contributed by atoms with van der Waals surface area (Å²) in [6.45, 7) is 10.7. The summed E-state index contributed by atoms with van der Waals surface area (Å²) in [5.41, 5.74) is 0. The van der Waals surface area contributed by atoms with Crippen LogP contribution in [-0.4, -0.2) is 13.2 Å². The van der Waals surface area contributed by atoms with Crippen molar-refractivity contribution >= 4 is 19.8 Å². The van der Waals surface area contributed by atoms with E-state index in [4.69, 9.17) is 4.74 Å². The van der Waals surface area contributed by atoms with Crippen molar-refractivity contribution < 1.29 is 19.5 Å². The zero-order valence-electron chi connectivity index (χ0n) is 6.61. The molecule has 0 aromatic carbocycles. The first-order valence-corrected chi connectivity index (χ1v) is 12.0. The molecule has 0 spiro atoms. The van der Waals surface area contributed by atoms with Gasteiger partial charge in [-0.1, -0.05) is 0 Å². The van der Waals surface area contributed by atoms with Crippen LogP contribution in [0.15, 0.2) is 0 Å². The predicted molar refractivity (Wildman–Crippen MR) is 47.2 cm³/mol. The summed E-state index contributed by atoms with van der Waals surface area (Å²) in [6.07, 6.45) is 0. The first-order chi connectivity index (χ1) is 4.41. The van der Waals surface area contributed by atoms with Crippen molar-refractivity contribution in [3.05, 3.63) is 6.92 Å². The normalized spacial score (nSPS) is 6.11. The predicted octanol–water partition coefficient (Wildman–Crippen LogP) is 2.77. The monoisotopic (exact) mass is 294 g/mol. The van der Waals surface area contributed by atoms with Gasteiger partial charge in [0.2, 0.25) is 0 Å². The molecule has 1 nitrogen and oxygen atoms in total. The fourth-order valence-corrected chi connectivity index (χ4v) is 0.204. The molecular formula is C6H15IOZn. The maximum absolute atomic E-state index is 4.83. The molecule has 0 aliphatic carbocycles. The van der Waals surface area contributed by atoms with Gasteiger partial charge < -0.3 is 11.7 Å². The van der Waals surface area contributed by atoms with Crippen molar-refractivity contribution in [1.29, 1.82) is 0 Å². The van der Waals surface area contributed by atoms with Gasteiger partial charge in [0.05, 0.1) is 0 Å². The van der Waals surface area contributed by atoms with Crippen molar-refractivity contribution in [1.82, 2.24) is 0 Å². The second-order valence-electron chi connectivity index (χ2n) is 0.781. The third-order valence-electron chi connectivity index (χ3n) is 0.408. The molecule has 9 heavy (non-hydrogen) atoms. The zero-order valence-corrected chi connectivity index (χ0v) is 11.7. The first kappa shape index (κ1) is 16.7. The third kappa shape index (κ3) is 45.4. The molecule has 0 rings (SSSR count). The molecule has 0 radical (unpaired) electrons. The van der Waals surface area contributed by atoms with Crippen LogP contribution in [0.5, 0.6) is 0 Å². The summed E-state index contributed by atoms with van der Waals surface area (Å²) in [5.74, 6) is 0. The van der Waals surface area contributed by atoms with Crippen molar-refractivity contribution in [3.8, 4) is 0 Å². The number of hydrogen-bond donors (Lipinski definition) is 0. The summed E-state index contributed by atoms with van der Waals surface area (Å²) < 4.78 is 4.83. The Morgan fingerprint density at radius 2 is 1.44 bits per heavy atom. The van der Waals surface area contributed by atoms with E-state index in [-0.39, 0.29) is 0 Å². The minimum absolute atomic E-state index is 0.844. The Morgan fingerprint density at radius 1 is 1.22 bits per heavy atom. The third-order valence-corrected chi connectivity index (χ3v) is 0.408. The van der Waals surface area contributed by atoms with Crippen LogP contribution in [0.2, 0.25) is 0 Å². The SMILES string of the molecule is CCOCC.[CH2-]C.[Zn+][I]. The summed E-state index contributed by atoms with van der Waals surface area (Å²) in [5, 5.41) is 0. The van der Waals surface area contributed by atoms with E-state index < -0.39 is 0 Å². The summed E-state index contributed by atoms with van der Waals surface area (Å²) in [4.78, 5) is 0. The van der Waals surface area contributed by atoms with E-state index in [0.717, 1.165) is 13.2 Å². The molecule has 0 bridgehead atoms. The molecule has 0 fully saturated rings. The Labute approximate surface area is 79.8 Å². The van der Waals surface area contributed by atoms with Gasteiger partial charge >= 0.3 is 34.5 Å². The van der Waals surface area contributed by atoms with Gasteiger partial charge in [0, 0.05) is 13.2 Å². The second-order valence-corrected chi connectivity index (χ2v) is 0.781. The molecule has 0 unspecified atom stereocenters. The Balaban J connectivity index is -0.0000000771. The van der Waals surface area contributed by atoms with Crippen molar-refractivity contribution in [2.24, 2.45) is 0 Å². The quantitative estimate of drug-likeness (QED) is 0.432. The topological polar surface area (TPSA) is 9.23 Å². The maximum atomic E-state index is 4.83. The van der Waals surface area contributed by atoms with E-state index in [9.17, 15) is 0 Å². The van der Waals surface area contributed by atoms with Gasteiger partial charge in [-0.05, 0) is 13.8 Å². The molecule has 0 amide bonds. The van der Waals surface area contributed by atoms with Crippen LogP contribution in [0.1, 0.15) is 20.8 Å². The Morgan fingerprint density at radius 3 is 1.44 bits per heavy atom. The average Bonchev–Trinajstić information content (AvgIpc) is 1.98. The van der Waals surface area contributed by atoms with Crippen LogP contribution in [-0.2, 0) is 19.5 Å². The molecular weight excluding hydrogens is 280 g/mol. The van der Waals surface area contributed by atoms with Gasteiger partial charge in [-0.25, -0.2) is 0 Å². The zero-order chi connectivity index (χ0) is 8.12. The molecule has 0 aliphatic heterocycles. The molecule has 0 N–H and O–H groups in total. The van der Waals surface area contributed by atoms with Gasteiger partial charge in [0.15, 0.2) is 0 Å². The van der Waals surface area contributed by atoms with Crippen molar-refractivity contribution in [2.45, 2.75) is 20.8 Å². The molecule has 0 heterocycles. The molecule has 3 heteroatoms. The average molecular weight is 295 g/mol. The number of hydrogen-bond acceptors (Lipinski definition) is 1. The van der Waals surface area contributed by atoms with Crippen LogP contribution in [0.3, 0.4) is 0 Å². The van der Waals surface area contributed by atoms with Crippen molar-refractivity contribution in [3.63, 3.8) is 0 Å². The molecule has 0 aromatic heterocycles. The van der Waals surface area contributed by atoms with E-state index >= 15 is 0 Å². The van der Waals surface area contributed by atoms with Crippen LogP contribution in [0.25, 0.3) is 0 Å². The molecule has 0 aromatic rings. The molecule has 54 valence electrons. The standard InChI is InChI=1S/C4H10O.C2H5.HI.Zn/c1-3-5-4-2;1-2;;/h3-4H2,1-2H3;1H2,2H3;1H;/q;-1;;+2/p-1. The summed E-state index contributed by atoms with van der Waals surface area (Å²) in [7, 11) is 0. The fraction of sp³-hybridized carbons (Fsp3) is 0.833. The van der Waals surface area contributed by atoms with Crippen LogP contribution < -0.4 is 0 Å². The van der Waals surface area contributed by atoms with Gasteiger partial charge in [-0.2, -0.15) is 6.92 Å². The Bertz CT molecular complexity index is 20.5. The minimum atomic E-state index is 0.844. The van der Waals surface area contributed by atoms with E-state index in [1.807, 2.05) is 13.8 Å². The summed E-state index contributed by atoms with van der Waals surface area (Å²) >= 11 is 3.62. The van der Waals surface area contributed by atoms with Gasteiger partial charge in [-0.15, -0.1) is 0 Å². The van der Waals surface area contributed by atoms with Crippen LogP contribution in [0.4, 0.5) is 0 Å². The van der Waals surface area contributed by atoms with E-state index in [1.54, 1.807) is 6.92 Å². The van der Waals surface area contributed by atoms with Crippen LogP contribution >= 0.6 is 19.8 Å². The van der Waals surface area contributed by atoms with E-state index in [1.165, 1.54) is 14.8 Å². The van der Waals surface area contributed by atoms with Gasteiger partial charge in [0.1, 0.15) is 0 Å².